The molecular weight excluding hydrogens is 437 g/mol. The number of amides is 1. The number of carbonyl (C=O) groups is 1. The second-order valence-electron chi connectivity index (χ2n) is 7.10. The first-order valence-corrected chi connectivity index (χ1v) is 10.8. The van der Waals surface area contributed by atoms with Crippen LogP contribution in [0.5, 0.6) is 0 Å². The van der Waals surface area contributed by atoms with E-state index in [1.54, 1.807) is 6.07 Å². The summed E-state index contributed by atoms with van der Waals surface area (Å²) in [6, 6.07) is 9.22. The van der Waals surface area contributed by atoms with Crippen LogP contribution in [0, 0.1) is 5.92 Å². The maximum atomic E-state index is 13.1. The van der Waals surface area contributed by atoms with Gasteiger partial charge in [0.1, 0.15) is 10.4 Å². The third-order valence-corrected chi connectivity index (χ3v) is 7.11. The number of para-hydroxylation sites is 1. The van der Waals surface area contributed by atoms with Crippen LogP contribution in [0.2, 0.25) is 0 Å². The van der Waals surface area contributed by atoms with E-state index < -0.39 is 33.6 Å². The van der Waals surface area contributed by atoms with Gasteiger partial charge in [-0.15, -0.1) is 0 Å². The van der Waals surface area contributed by atoms with Crippen LogP contribution in [0.4, 0.5) is 18.9 Å². The molecule has 4 rings (SSSR count). The molecule has 1 saturated heterocycles. The van der Waals surface area contributed by atoms with Crippen LogP contribution in [0.15, 0.2) is 52.0 Å². The molecule has 31 heavy (non-hydrogen) atoms. The molecule has 2 heterocycles. The maximum absolute atomic E-state index is 13.1. The minimum Gasteiger partial charge on any atom is -0.325 e. The molecule has 1 amide bonds. The van der Waals surface area contributed by atoms with E-state index in [-0.39, 0.29) is 42.0 Å². The number of sulfonamides is 1. The molecule has 3 aromatic rings. The minimum atomic E-state index is -4.60. The number of hydrogen-bond donors (Lipinski definition) is 1. The number of fused-ring (bicyclic) bond motifs is 1. The molecule has 2 aromatic carbocycles. The Morgan fingerprint density at radius 1 is 1.06 bits per heavy atom. The zero-order valence-electron chi connectivity index (χ0n) is 16.0. The predicted octanol–water partition coefficient (Wildman–Crippen LogP) is 3.28. The molecule has 1 aromatic heterocycles. The molecular formula is C19H17F3N4O4S. The Morgan fingerprint density at radius 3 is 2.48 bits per heavy atom. The zero-order valence-corrected chi connectivity index (χ0v) is 16.8. The third kappa shape index (κ3) is 4.12. The van der Waals surface area contributed by atoms with Gasteiger partial charge in [-0.25, -0.2) is 13.0 Å². The summed E-state index contributed by atoms with van der Waals surface area (Å²) >= 11 is 0. The van der Waals surface area contributed by atoms with Gasteiger partial charge in [0.15, 0.2) is 5.52 Å². The van der Waals surface area contributed by atoms with Crippen LogP contribution in [-0.4, -0.2) is 42.0 Å². The molecule has 0 spiro atoms. The first kappa shape index (κ1) is 21.2. The second kappa shape index (κ2) is 7.93. The van der Waals surface area contributed by atoms with Crippen molar-refractivity contribution in [2.45, 2.75) is 23.9 Å². The Kier molecular flexibility index (Phi) is 5.43. The number of hydrogen-bond acceptors (Lipinski definition) is 6. The highest BCUT2D eigenvalue weighted by Gasteiger charge is 2.36. The summed E-state index contributed by atoms with van der Waals surface area (Å²) in [6.45, 7) is 0.0893. The van der Waals surface area contributed by atoms with Gasteiger partial charge in [-0.1, -0.05) is 18.2 Å². The average molecular weight is 454 g/mol. The molecule has 0 bridgehead atoms. The Hall–Kier alpha value is -2.99. The molecule has 0 saturated carbocycles. The highest BCUT2D eigenvalue weighted by Crippen LogP contribution is 2.35. The molecule has 1 aliphatic rings. The van der Waals surface area contributed by atoms with E-state index in [9.17, 15) is 26.4 Å². The fourth-order valence-electron chi connectivity index (χ4n) is 3.56. The van der Waals surface area contributed by atoms with Crippen molar-refractivity contribution in [2.75, 3.05) is 18.4 Å². The molecule has 12 heteroatoms. The van der Waals surface area contributed by atoms with E-state index in [1.807, 2.05) is 0 Å². The Morgan fingerprint density at radius 2 is 1.77 bits per heavy atom. The van der Waals surface area contributed by atoms with E-state index >= 15 is 0 Å². The van der Waals surface area contributed by atoms with Crippen molar-refractivity contribution in [1.29, 1.82) is 0 Å². The number of anilines is 1. The van der Waals surface area contributed by atoms with Gasteiger partial charge in [-0.3, -0.25) is 4.79 Å². The predicted molar refractivity (Wildman–Crippen MR) is 103 cm³/mol. The second-order valence-corrected chi connectivity index (χ2v) is 9.01. The Balaban J connectivity index is 1.46. The summed E-state index contributed by atoms with van der Waals surface area (Å²) in [5, 5.41) is 9.62. The van der Waals surface area contributed by atoms with Gasteiger partial charge in [0.25, 0.3) is 0 Å². The first-order chi connectivity index (χ1) is 14.7. The van der Waals surface area contributed by atoms with Crippen LogP contribution in [-0.2, 0) is 21.0 Å². The topological polar surface area (TPSA) is 105 Å². The quantitative estimate of drug-likeness (QED) is 0.649. The standard InChI is InChI=1S/C19H17F3N4O4S/c20-19(21,22)13-4-1-2-5-14(13)23-18(27)12-8-10-26(11-9-12)31(28,29)16-7-3-6-15-17(16)25-30-24-15/h1-7,12H,8-11H2,(H,23,27). The number of nitrogens with one attached hydrogen (secondary N) is 1. The molecule has 0 atom stereocenters. The molecule has 0 aliphatic carbocycles. The van der Waals surface area contributed by atoms with Crippen LogP contribution >= 0.6 is 0 Å². The number of halogens is 3. The first-order valence-electron chi connectivity index (χ1n) is 9.36. The van der Waals surface area contributed by atoms with Crippen molar-refractivity contribution < 1.29 is 31.0 Å². The average Bonchev–Trinajstić information content (AvgIpc) is 3.22. The third-order valence-electron chi connectivity index (χ3n) is 5.18. The molecule has 1 aliphatic heterocycles. The van der Waals surface area contributed by atoms with Crippen molar-refractivity contribution in [3.05, 3.63) is 48.0 Å². The van der Waals surface area contributed by atoms with E-state index in [2.05, 4.69) is 20.3 Å². The van der Waals surface area contributed by atoms with E-state index in [1.165, 1.54) is 34.6 Å². The van der Waals surface area contributed by atoms with Crippen LogP contribution in [0.3, 0.4) is 0 Å². The number of aromatic nitrogens is 2. The Labute approximate surface area is 175 Å². The largest absolute Gasteiger partial charge is 0.418 e. The van der Waals surface area contributed by atoms with Gasteiger partial charge in [-0.05, 0) is 47.4 Å². The highest BCUT2D eigenvalue weighted by molar-refractivity contribution is 7.89. The number of nitrogens with zero attached hydrogens (tertiary/aromatic N) is 3. The number of alkyl halides is 3. The highest BCUT2D eigenvalue weighted by atomic mass is 32.2. The fourth-order valence-corrected chi connectivity index (χ4v) is 5.17. The van der Waals surface area contributed by atoms with Gasteiger partial charge in [0.2, 0.25) is 15.9 Å². The fraction of sp³-hybridized carbons (Fsp3) is 0.316. The lowest BCUT2D eigenvalue weighted by atomic mass is 9.97. The van der Waals surface area contributed by atoms with Gasteiger partial charge in [0, 0.05) is 19.0 Å². The molecule has 1 N–H and O–H groups in total. The van der Waals surface area contributed by atoms with Crippen molar-refractivity contribution in [2.24, 2.45) is 5.92 Å². The summed E-state index contributed by atoms with van der Waals surface area (Å²) < 4.78 is 71.3. The number of piperidine rings is 1. The zero-order chi connectivity index (χ0) is 22.2. The summed E-state index contributed by atoms with van der Waals surface area (Å²) in [5.41, 5.74) is -0.831. The normalized spacial score (nSPS) is 16.5. The number of benzene rings is 2. The monoisotopic (exact) mass is 454 g/mol. The van der Waals surface area contributed by atoms with Crippen molar-refractivity contribution >= 4 is 32.7 Å². The summed E-state index contributed by atoms with van der Waals surface area (Å²) in [6.07, 6.45) is -4.25. The Bertz CT molecular complexity index is 1220. The summed E-state index contributed by atoms with van der Waals surface area (Å²) in [5.74, 6) is -1.19. The van der Waals surface area contributed by atoms with Crippen molar-refractivity contribution in [3.63, 3.8) is 0 Å². The molecule has 1 fully saturated rings. The molecule has 8 nitrogen and oxygen atoms in total. The lowest BCUT2D eigenvalue weighted by Gasteiger charge is -2.30. The van der Waals surface area contributed by atoms with Gasteiger partial charge >= 0.3 is 6.18 Å². The maximum Gasteiger partial charge on any atom is 0.418 e. The van der Waals surface area contributed by atoms with Gasteiger partial charge in [-0.2, -0.15) is 17.5 Å². The summed E-state index contributed by atoms with van der Waals surface area (Å²) in [4.78, 5) is 12.5. The lowest BCUT2D eigenvalue weighted by molar-refractivity contribution is -0.137. The smallest absolute Gasteiger partial charge is 0.325 e. The van der Waals surface area contributed by atoms with Crippen LogP contribution in [0.25, 0.3) is 11.0 Å². The SMILES string of the molecule is O=C(Nc1ccccc1C(F)(F)F)C1CCN(S(=O)(=O)c2cccc3nonc23)CC1. The van der Waals surface area contributed by atoms with E-state index in [0.717, 1.165) is 6.07 Å². The lowest BCUT2D eigenvalue weighted by Crippen LogP contribution is -2.41. The van der Waals surface area contributed by atoms with E-state index in [4.69, 9.17) is 0 Å². The van der Waals surface area contributed by atoms with Gasteiger partial charge < -0.3 is 5.32 Å². The van der Waals surface area contributed by atoms with Crippen molar-refractivity contribution in [3.8, 4) is 0 Å². The minimum absolute atomic E-state index is 0.0446. The van der Waals surface area contributed by atoms with Crippen LogP contribution in [0.1, 0.15) is 18.4 Å². The molecule has 0 unspecified atom stereocenters. The molecule has 0 radical (unpaired) electrons. The van der Waals surface area contributed by atoms with Crippen LogP contribution < -0.4 is 5.32 Å². The summed E-state index contributed by atoms with van der Waals surface area (Å²) in [7, 11) is -3.90. The number of carbonyl (C=O) groups excluding carboxylic acids is 1. The molecule has 164 valence electrons. The van der Waals surface area contributed by atoms with Crippen molar-refractivity contribution in [1.82, 2.24) is 14.6 Å². The van der Waals surface area contributed by atoms with Gasteiger partial charge in [0.05, 0.1) is 11.3 Å². The number of rotatable bonds is 4. The van der Waals surface area contributed by atoms with E-state index in [0.29, 0.717) is 5.52 Å².